The summed E-state index contributed by atoms with van der Waals surface area (Å²) in [4.78, 5) is 17.1. The number of nitrogens with zero attached hydrogens (tertiary/aromatic N) is 2. The Bertz CT molecular complexity index is 685. The Morgan fingerprint density at radius 1 is 0.852 bits per heavy atom. The van der Waals surface area contributed by atoms with Gasteiger partial charge in [0.25, 0.3) is 0 Å². The molecule has 1 saturated heterocycles. The highest BCUT2D eigenvalue weighted by molar-refractivity contribution is 5.95. The highest BCUT2D eigenvalue weighted by Gasteiger charge is 2.16. The molecule has 0 radical (unpaired) electrons. The molecule has 0 aliphatic carbocycles. The number of halogens is 2. The largest absolute Gasteiger partial charge is 0.301 e. The minimum Gasteiger partial charge on any atom is -0.301 e. The molecule has 1 heterocycles. The first kappa shape index (κ1) is 21.5. The molecule has 1 aliphatic heterocycles. The van der Waals surface area contributed by atoms with Crippen LogP contribution in [0.3, 0.4) is 0 Å². The molecule has 2 aromatic rings. The van der Waals surface area contributed by atoms with Crippen LogP contribution in [0.2, 0.25) is 0 Å². The molecule has 1 fully saturated rings. The van der Waals surface area contributed by atoms with Gasteiger partial charge < -0.3 is 9.80 Å². The average molecular weight is 391 g/mol. The maximum absolute atomic E-state index is 12.9. The van der Waals surface area contributed by atoms with E-state index in [1.807, 2.05) is 0 Å². The van der Waals surface area contributed by atoms with Crippen LogP contribution >= 0.6 is 12.4 Å². The number of piperazine rings is 1. The molecule has 0 saturated carbocycles. The van der Waals surface area contributed by atoms with Gasteiger partial charge in [0.15, 0.2) is 5.78 Å². The van der Waals surface area contributed by atoms with Crippen molar-refractivity contribution in [1.82, 2.24) is 9.80 Å². The van der Waals surface area contributed by atoms with E-state index in [1.165, 1.54) is 17.7 Å². The second-order valence-corrected chi connectivity index (χ2v) is 6.95. The molecule has 1 aliphatic rings. The molecule has 0 unspecified atom stereocenters. The molecule has 0 bridgehead atoms. The van der Waals surface area contributed by atoms with Crippen LogP contribution in [-0.4, -0.2) is 54.9 Å². The number of Topliss-reactive ketones (excluding diaryl/α,β-unsaturated/α-hetero) is 1. The van der Waals surface area contributed by atoms with E-state index in [1.54, 1.807) is 12.1 Å². The van der Waals surface area contributed by atoms with Crippen LogP contribution in [0.15, 0.2) is 54.6 Å². The number of rotatable bonds is 8. The van der Waals surface area contributed by atoms with Crippen molar-refractivity contribution >= 4 is 18.2 Å². The Labute approximate surface area is 167 Å². The minimum absolute atomic E-state index is 0. The predicted octanol–water partition coefficient (Wildman–Crippen LogP) is 4.07. The summed E-state index contributed by atoms with van der Waals surface area (Å²) in [6, 6.07) is 16.5. The monoisotopic (exact) mass is 390 g/mol. The van der Waals surface area contributed by atoms with Crippen LogP contribution < -0.4 is 0 Å². The molecule has 3 nitrogen and oxygen atoms in total. The highest BCUT2D eigenvalue weighted by atomic mass is 35.5. The summed E-state index contributed by atoms with van der Waals surface area (Å²) >= 11 is 0. The third-order valence-electron chi connectivity index (χ3n) is 5.07. The molecular formula is C22H28ClFN2O. The molecule has 0 N–H and O–H groups in total. The van der Waals surface area contributed by atoms with E-state index in [4.69, 9.17) is 0 Å². The fourth-order valence-corrected chi connectivity index (χ4v) is 3.41. The van der Waals surface area contributed by atoms with Gasteiger partial charge in [0.2, 0.25) is 0 Å². The lowest BCUT2D eigenvalue weighted by Gasteiger charge is -2.34. The third-order valence-corrected chi connectivity index (χ3v) is 5.07. The van der Waals surface area contributed by atoms with E-state index < -0.39 is 0 Å². The number of benzene rings is 2. The van der Waals surface area contributed by atoms with Crippen LogP contribution in [0.25, 0.3) is 0 Å². The summed E-state index contributed by atoms with van der Waals surface area (Å²) in [5, 5.41) is 0. The van der Waals surface area contributed by atoms with Crippen LogP contribution in [0, 0.1) is 5.82 Å². The van der Waals surface area contributed by atoms with Gasteiger partial charge in [-0.3, -0.25) is 4.79 Å². The van der Waals surface area contributed by atoms with Gasteiger partial charge in [0.1, 0.15) is 5.82 Å². The molecule has 0 aromatic heterocycles. The zero-order valence-electron chi connectivity index (χ0n) is 15.6. The van der Waals surface area contributed by atoms with Gasteiger partial charge in [0.05, 0.1) is 0 Å². The fraction of sp³-hybridized carbons (Fsp3) is 0.409. The van der Waals surface area contributed by atoms with Gasteiger partial charge in [-0.15, -0.1) is 12.4 Å². The molecule has 2 aromatic carbocycles. The predicted molar refractivity (Wildman–Crippen MR) is 110 cm³/mol. The van der Waals surface area contributed by atoms with Crippen molar-refractivity contribution in [3.05, 3.63) is 71.5 Å². The topological polar surface area (TPSA) is 23.6 Å². The van der Waals surface area contributed by atoms with E-state index in [2.05, 4.69) is 40.1 Å². The van der Waals surface area contributed by atoms with Gasteiger partial charge in [0, 0.05) is 44.7 Å². The number of carbonyl (C=O) groups excluding carboxylic acids is 1. The Hall–Kier alpha value is -1.75. The van der Waals surface area contributed by atoms with Crippen molar-refractivity contribution in [2.45, 2.75) is 19.3 Å². The number of carbonyl (C=O) groups is 1. The third kappa shape index (κ3) is 7.06. The Balaban J connectivity index is 0.00000261. The number of hydrogen-bond acceptors (Lipinski definition) is 3. The maximum atomic E-state index is 12.9. The summed E-state index contributed by atoms with van der Waals surface area (Å²) in [6.45, 7) is 6.40. The van der Waals surface area contributed by atoms with E-state index in [-0.39, 0.29) is 24.0 Å². The molecule has 27 heavy (non-hydrogen) atoms. The second kappa shape index (κ2) is 11.2. The highest BCUT2D eigenvalue weighted by Crippen LogP contribution is 2.10. The molecule has 0 atom stereocenters. The van der Waals surface area contributed by atoms with E-state index in [0.717, 1.165) is 52.1 Å². The standard InChI is InChI=1S/C22H27FN2O.ClH/c23-21-10-8-20(9-11-21)22(26)7-4-13-24-15-17-25(18-16-24)14-12-19-5-2-1-3-6-19;/h1-3,5-6,8-11H,4,7,12-18H2;1H. The lowest BCUT2D eigenvalue weighted by molar-refractivity contribution is 0.0962. The van der Waals surface area contributed by atoms with Gasteiger partial charge in [-0.2, -0.15) is 0 Å². The summed E-state index contributed by atoms with van der Waals surface area (Å²) in [5.74, 6) is -0.196. The second-order valence-electron chi connectivity index (χ2n) is 6.95. The van der Waals surface area contributed by atoms with E-state index in [9.17, 15) is 9.18 Å². The molecule has 0 spiro atoms. The minimum atomic E-state index is -0.299. The Morgan fingerprint density at radius 3 is 2.07 bits per heavy atom. The molecule has 0 amide bonds. The summed E-state index contributed by atoms with van der Waals surface area (Å²) in [7, 11) is 0. The number of hydrogen-bond donors (Lipinski definition) is 0. The molecule has 5 heteroatoms. The van der Waals surface area contributed by atoms with Crippen molar-refractivity contribution in [3.63, 3.8) is 0 Å². The van der Waals surface area contributed by atoms with Crippen LogP contribution in [-0.2, 0) is 6.42 Å². The zero-order valence-corrected chi connectivity index (χ0v) is 16.5. The van der Waals surface area contributed by atoms with Crippen molar-refractivity contribution in [2.75, 3.05) is 39.3 Å². The fourth-order valence-electron chi connectivity index (χ4n) is 3.41. The smallest absolute Gasteiger partial charge is 0.162 e. The van der Waals surface area contributed by atoms with Gasteiger partial charge in [-0.1, -0.05) is 30.3 Å². The average Bonchev–Trinajstić information content (AvgIpc) is 2.68. The van der Waals surface area contributed by atoms with Gasteiger partial charge in [-0.05, 0) is 49.2 Å². The van der Waals surface area contributed by atoms with Crippen LogP contribution in [0.1, 0.15) is 28.8 Å². The maximum Gasteiger partial charge on any atom is 0.162 e. The first-order valence-electron chi connectivity index (χ1n) is 9.48. The van der Waals surface area contributed by atoms with Crippen molar-refractivity contribution < 1.29 is 9.18 Å². The number of ketones is 1. The normalized spacial score (nSPS) is 15.3. The summed E-state index contributed by atoms with van der Waals surface area (Å²) < 4.78 is 12.9. The summed E-state index contributed by atoms with van der Waals surface area (Å²) in [6.07, 6.45) is 2.49. The SMILES string of the molecule is Cl.O=C(CCCN1CCN(CCc2ccccc2)CC1)c1ccc(F)cc1. The first-order valence-corrected chi connectivity index (χ1v) is 9.48. The lowest BCUT2D eigenvalue weighted by Crippen LogP contribution is -2.47. The van der Waals surface area contributed by atoms with Crippen molar-refractivity contribution in [3.8, 4) is 0 Å². The quantitative estimate of drug-likeness (QED) is 0.635. The lowest BCUT2D eigenvalue weighted by atomic mass is 10.1. The van der Waals surface area contributed by atoms with Gasteiger partial charge >= 0.3 is 0 Å². The van der Waals surface area contributed by atoms with Gasteiger partial charge in [-0.25, -0.2) is 4.39 Å². The molecule has 146 valence electrons. The zero-order chi connectivity index (χ0) is 18.2. The van der Waals surface area contributed by atoms with Crippen LogP contribution in [0.4, 0.5) is 4.39 Å². The first-order chi connectivity index (χ1) is 12.7. The summed E-state index contributed by atoms with van der Waals surface area (Å²) in [5.41, 5.74) is 2.01. The van der Waals surface area contributed by atoms with Crippen molar-refractivity contribution in [1.29, 1.82) is 0 Å². The van der Waals surface area contributed by atoms with E-state index >= 15 is 0 Å². The molecule has 3 rings (SSSR count). The van der Waals surface area contributed by atoms with Crippen molar-refractivity contribution in [2.24, 2.45) is 0 Å². The Morgan fingerprint density at radius 2 is 1.44 bits per heavy atom. The Kier molecular flexibility index (Phi) is 8.92. The van der Waals surface area contributed by atoms with Crippen LogP contribution in [0.5, 0.6) is 0 Å². The molecular weight excluding hydrogens is 363 g/mol. The van der Waals surface area contributed by atoms with E-state index in [0.29, 0.717) is 12.0 Å².